The lowest BCUT2D eigenvalue weighted by Gasteiger charge is -2.10. The van der Waals surface area contributed by atoms with Gasteiger partial charge in [0.25, 0.3) is 5.91 Å². The average molecular weight is 450 g/mol. The zero-order valence-electron chi connectivity index (χ0n) is 17.6. The summed E-state index contributed by atoms with van der Waals surface area (Å²) in [7, 11) is 1.60. The largest absolute Gasteiger partial charge is 0.380 e. The maximum atomic E-state index is 14.3. The van der Waals surface area contributed by atoms with E-state index in [1.165, 1.54) is 11.0 Å². The smallest absolute Gasteiger partial charge is 0.267 e. The summed E-state index contributed by atoms with van der Waals surface area (Å²) >= 11 is 0. The van der Waals surface area contributed by atoms with Crippen molar-refractivity contribution >= 4 is 12.3 Å². The summed E-state index contributed by atoms with van der Waals surface area (Å²) in [5.41, 5.74) is 6.06. The van der Waals surface area contributed by atoms with Gasteiger partial charge in [-0.25, -0.2) is 18.7 Å². The molecule has 2 amide bonds. The quantitative estimate of drug-likeness (QED) is 0.424. The molecule has 0 saturated carbocycles. The number of amides is 2. The second-order valence-corrected chi connectivity index (χ2v) is 7.19. The molecule has 168 valence electrons. The van der Waals surface area contributed by atoms with E-state index in [0.29, 0.717) is 24.1 Å². The molecule has 0 aliphatic rings. The normalized spacial score (nSPS) is 11.3. The van der Waals surface area contributed by atoms with Crippen molar-refractivity contribution in [2.45, 2.75) is 12.5 Å². The molecule has 0 saturated heterocycles. The van der Waals surface area contributed by atoms with Gasteiger partial charge in [-0.1, -0.05) is 24.0 Å². The van der Waals surface area contributed by atoms with Gasteiger partial charge in [0.15, 0.2) is 5.82 Å². The van der Waals surface area contributed by atoms with Crippen LogP contribution in [0.1, 0.15) is 22.5 Å². The van der Waals surface area contributed by atoms with Crippen molar-refractivity contribution in [2.75, 3.05) is 13.6 Å². The maximum Gasteiger partial charge on any atom is 0.267 e. The standard InChI is InChI=1S/C24H20F2N4O3/c1-30(14-31)10-9-18(32)7-5-15-3-2-4-16(11-15)24-28-21(13-22(29-24)23(27)33)19-12-17(25)6-8-20(19)26/h2-4,6,8,11-14,18,32H,9-10H2,1H3,(H2,27,33)/t18-/m0/s1. The van der Waals surface area contributed by atoms with E-state index in [1.54, 1.807) is 31.3 Å². The van der Waals surface area contributed by atoms with Gasteiger partial charge in [-0.05, 0) is 36.4 Å². The highest BCUT2D eigenvalue weighted by atomic mass is 19.1. The molecule has 0 aliphatic heterocycles. The van der Waals surface area contributed by atoms with Crippen molar-refractivity contribution in [3.63, 3.8) is 0 Å². The molecule has 9 heteroatoms. The third-order valence-electron chi connectivity index (χ3n) is 4.62. The third kappa shape index (κ3) is 6.18. The zero-order chi connectivity index (χ0) is 24.0. The van der Waals surface area contributed by atoms with Crippen molar-refractivity contribution in [1.82, 2.24) is 14.9 Å². The van der Waals surface area contributed by atoms with Crippen molar-refractivity contribution in [3.8, 4) is 34.5 Å². The molecule has 0 bridgehead atoms. The van der Waals surface area contributed by atoms with Crippen molar-refractivity contribution in [1.29, 1.82) is 0 Å². The molecule has 3 rings (SSSR count). The van der Waals surface area contributed by atoms with Gasteiger partial charge in [0.2, 0.25) is 6.41 Å². The van der Waals surface area contributed by atoms with E-state index in [2.05, 4.69) is 21.8 Å². The first-order valence-corrected chi connectivity index (χ1v) is 9.86. The van der Waals surface area contributed by atoms with Crippen LogP contribution in [-0.4, -0.2) is 52.0 Å². The number of carbonyl (C=O) groups is 2. The van der Waals surface area contributed by atoms with Crippen LogP contribution in [-0.2, 0) is 4.79 Å². The molecule has 33 heavy (non-hydrogen) atoms. The Morgan fingerprint density at radius 1 is 1.21 bits per heavy atom. The van der Waals surface area contributed by atoms with Crippen LogP contribution in [0.15, 0.2) is 48.5 Å². The lowest BCUT2D eigenvalue weighted by Crippen LogP contribution is -2.21. The lowest BCUT2D eigenvalue weighted by atomic mass is 10.1. The molecule has 0 radical (unpaired) electrons. The maximum absolute atomic E-state index is 14.3. The SMILES string of the molecule is CN(C=O)CC[C@@H](O)C#Cc1cccc(-c2nc(C(N)=O)cc(-c3cc(F)ccc3F)n2)c1. The second kappa shape index (κ2) is 10.4. The molecular formula is C24H20F2N4O3. The summed E-state index contributed by atoms with van der Waals surface area (Å²) in [5, 5.41) is 9.99. The van der Waals surface area contributed by atoms with Crippen molar-refractivity contribution < 1.29 is 23.5 Å². The number of hydrogen-bond donors (Lipinski definition) is 2. The lowest BCUT2D eigenvalue weighted by molar-refractivity contribution is -0.117. The Kier molecular flexibility index (Phi) is 7.43. The second-order valence-electron chi connectivity index (χ2n) is 7.19. The minimum absolute atomic E-state index is 0.00277. The van der Waals surface area contributed by atoms with Crippen LogP contribution >= 0.6 is 0 Å². The van der Waals surface area contributed by atoms with Crippen LogP contribution in [0.3, 0.4) is 0 Å². The fourth-order valence-corrected chi connectivity index (χ4v) is 2.89. The van der Waals surface area contributed by atoms with Crippen LogP contribution in [0.25, 0.3) is 22.6 Å². The first kappa shape index (κ1) is 23.5. The molecule has 1 atom stereocenters. The van der Waals surface area contributed by atoms with Gasteiger partial charge in [-0.15, -0.1) is 0 Å². The highest BCUT2D eigenvalue weighted by Gasteiger charge is 2.15. The number of halogens is 2. The number of nitrogens with zero attached hydrogens (tertiary/aromatic N) is 3. The van der Waals surface area contributed by atoms with Gasteiger partial charge in [-0.2, -0.15) is 0 Å². The summed E-state index contributed by atoms with van der Waals surface area (Å²) in [4.78, 5) is 32.2. The number of nitrogens with two attached hydrogens (primary N) is 1. The first-order chi connectivity index (χ1) is 15.8. The molecule has 7 nitrogen and oxygen atoms in total. The van der Waals surface area contributed by atoms with Crippen LogP contribution < -0.4 is 5.73 Å². The number of carbonyl (C=O) groups excluding carboxylic acids is 2. The van der Waals surface area contributed by atoms with Gasteiger partial charge in [0.1, 0.15) is 23.4 Å². The number of hydrogen-bond acceptors (Lipinski definition) is 5. The van der Waals surface area contributed by atoms with Crippen LogP contribution in [0.4, 0.5) is 8.78 Å². The van der Waals surface area contributed by atoms with Crippen molar-refractivity contribution in [2.24, 2.45) is 5.73 Å². The van der Waals surface area contributed by atoms with Crippen molar-refractivity contribution in [3.05, 3.63) is 71.4 Å². The predicted octanol–water partition coefficient (Wildman–Crippen LogP) is 2.38. The number of aromatic nitrogens is 2. The predicted molar refractivity (Wildman–Crippen MR) is 118 cm³/mol. The molecule has 0 unspecified atom stereocenters. The summed E-state index contributed by atoms with van der Waals surface area (Å²) < 4.78 is 28.0. The fraction of sp³-hybridized carbons (Fsp3) is 0.167. The van der Waals surface area contributed by atoms with E-state index < -0.39 is 23.6 Å². The highest BCUT2D eigenvalue weighted by Crippen LogP contribution is 2.26. The minimum Gasteiger partial charge on any atom is -0.380 e. The minimum atomic E-state index is -0.937. The molecule has 0 spiro atoms. The molecule has 1 aromatic heterocycles. The molecule has 2 aromatic carbocycles. The molecule has 0 aliphatic carbocycles. The van der Waals surface area contributed by atoms with Gasteiger partial charge in [0, 0.05) is 36.7 Å². The number of rotatable bonds is 7. The van der Waals surface area contributed by atoms with Crippen LogP contribution in [0.5, 0.6) is 0 Å². The number of benzene rings is 2. The van der Waals surface area contributed by atoms with E-state index in [4.69, 9.17) is 5.73 Å². The zero-order valence-corrected chi connectivity index (χ0v) is 17.6. The number of aliphatic hydroxyl groups excluding tert-OH is 1. The number of primary amides is 1. The first-order valence-electron chi connectivity index (χ1n) is 9.86. The fourth-order valence-electron chi connectivity index (χ4n) is 2.89. The van der Waals surface area contributed by atoms with Gasteiger partial charge >= 0.3 is 0 Å². The summed E-state index contributed by atoms with van der Waals surface area (Å²) in [5.74, 6) is 3.37. The summed E-state index contributed by atoms with van der Waals surface area (Å²) in [6.07, 6.45) is 0.00948. The Balaban J connectivity index is 1.96. The Bertz CT molecular complexity index is 1250. The Hall–Kier alpha value is -4.16. The summed E-state index contributed by atoms with van der Waals surface area (Å²) in [6.45, 7) is 0.354. The van der Waals surface area contributed by atoms with E-state index >= 15 is 0 Å². The average Bonchev–Trinajstić information content (AvgIpc) is 2.82. The van der Waals surface area contributed by atoms with Gasteiger partial charge < -0.3 is 15.7 Å². The van der Waals surface area contributed by atoms with E-state index in [1.807, 2.05) is 0 Å². The third-order valence-corrected chi connectivity index (χ3v) is 4.62. The van der Waals surface area contributed by atoms with E-state index in [9.17, 15) is 23.5 Å². The monoisotopic (exact) mass is 450 g/mol. The van der Waals surface area contributed by atoms with Crippen LogP contribution in [0, 0.1) is 23.5 Å². The molecule has 3 aromatic rings. The molecule has 1 heterocycles. The Labute approximate surface area is 188 Å². The number of aliphatic hydroxyl groups is 1. The molecule has 3 N–H and O–H groups in total. The Morgan fingerprint density at radius 3 is 2.73 bits per heavy atom. The van der Waals surface area contributed by atoms with Gasteiger partial charge in [-0.3, -0.25) is 9.59 Å². The topological polar surface area (TPSA) is 109 Å². The highest BCUT2D eigenvalue weighted by molar-refractivity contribution is 5.92. The van der Waals surface area contributed by atoms with Crippen LogP contribution in [0.2, 0.25) is 0 Å². The van der Waals surface area contributed by atoms with E-state index in [-0.39, 0.29) is 29.2 Å². The Morgan fingerprint density at radius 2 is 2.00 bits per heavy atom. The van der Waals surface area contributed by atoms with E-state index in [0.717, 1.165) is 18.2 Å². The van der Waals surface area contributed by atoms with Gasteiger partial charge in [0.05, 0.1) is 5.69 Å². The molecular weight excluding hydrogens is 430 g/mol. The molecule has 0 fully saturated rings. The summed E-state index contributed by atoms with van der Waals surface area (Å²) in [6, 6.07) is 10.8.